The first-order valence-corrected chi connectivity index (χ1v) is 8.22. The van der Waals surface area contributed by atoms with E-state index in [0.29, 0.717) is 16.7 Å². The Morgan fingerprint density at radius 3 is 2.33 bits per heavy atom. The molecule has 2 nitrogen and oxygen atoms in total. The molecule has 0 aliphatic rings. The molecule has 0 saturated heterocycles. The van der Waals surface area contributed by atoms with E-state index < -0.39 is 0 Å². The number of rotatable bonds is 5. The lowest BCUT2D eigenvalue weighted by Gasteiger charge is -2.08. The summed E-state index contributed by atoms with van der Waals surface area (Å²) < 4.78 is 5.76. The summed E-state index contributed by atoms with van der Waals surface area (Å²) in [5, 5.41) is 1.22. The van der Waals surface area contributed by atoms with Crippen molar-refractivity contribution < 1.29 is 4.74 Å². The molecule has 3 aromatic rings. The first-order valence-electron chi connectivity index (χ1n) is 7.46. The SMILES string of the molecule is Clc1ccc(COc2ccc(C=Nc3ccccc3)cc2)c(Cl)c1. The Morgan fingerprint density at radius 2 is 1.62 bits per heavy atom. The zero-order chi connectivity index (χ0) is 16.8. The first-order chi connectivity index (χ1) is 11.7. The van der Waals surface area contributed by atoms with Crippen molar-refractivity contribution in [3.63, 3.8) is 0 Å². The van der Waals surface area contributed by atoms with Crippen LogP contribution >= 0.6 is 23.2 Å². The molecule has 0 fully saturated rings. The van der Waals surface area contributed by atoms with E-state index in [1.807, 2.05) is 66.9 Å². The fourth-order valence-electron chi connectivity index (χ4n) is 2.11. The van der Waals surface area contributed by atoms with Gasteiger partial charge in [0.25, 0.3) is 0 Å². The molecule has 0 bridgehead atoms. The second-order valence-corrected chi connectivity index (χ2v) is 6.03. The standard InChI is InChI=1S/C20H15Cl2NO/c21-17-9-8-16(20(22)12-17)14-24-19-10-6-15(7-11-19)13-23-18-4-2-1-3-5-18/h1-13H,14H2. The molecule has 0 radical (unpaired) electrons. The maximum absolute atomic E-state index is 6.14. The van der Waals surface area contributed by atoms with Gasteiger partial charge < -0.3 is 4.74 Å². The van der Waals surface area contributed by atoms with E-state index in [4.69, 9.17) is 27.9 Å². The van der Waals surface area contributed by atoms with Gasteiger partial charge in [0, 0.05) is 21.8 Å². The first kappa shape index (κ1) is 16.6. The molecule has 0 unspecified atom stereocenters. The van der Waals surface area contributed by atoms with Crippen LogP contribution in [0.2, 0.25) is 10.0 Å². The number of para-hydroxylation sites is 1. The van der Waals surface area contributed by atoms with Crippen LogP contribution < -0.4 is 4.74 Å². The molecule has 0 aliphatic heterocycles. The summed E-state index contributed by atoms with van der Waals surface area (Å²) in [6.07, 6.45) is 1.83. The van der Waals surface area contributed by atoms with Crippen LogP contribution in [0.15, 0.2) is 77.8 Å². The zero-order valence-corrected chi connectivity index (χ0v) is 14.3. The smallest absolute Gasteiger partial charge is 0.119 e. The third-order valence-electron chi connectivity index (χ3n) is 3.41. The van der Waals surface area contributed by atoms with Crippen LogP contribution in [-0.4, -0.2) is 6.21 Å². The van der Waals surface area contributed by atoms with Gasteiger partial charge in [-0.05, 0) is 54.1 Å². The molecule has 4 heteroatoms. The van der Waals surface area contributed by atoms with Crippen molar-refractivity contribution in [2.24, 2.45) is 4.99 Å². The minimum absolute atomic E-state index is 0.396. The Hall–Kier alpha value is -2.29. The summed E-state index contributed by atoms with van der Waals surface area (Å²) in [4.78, 5) is 4.42. The fraction of sp³-hybridized carbons (Fsp3) is 0.0500. The molecule has 3 rings (SSSR count). The number of hydrogen-bond acceptors (Lipinski definition) is 2. The highest BCUT2D eigenvalue weighted by Crippen LogP contribution is 2.23. The van der Waals surface area contributed by atoms with Gasteiger partial charge in [0.05, 0.1) is 5.69 Å². The summed E-state index contributed by atoms with van der Waals surface area (Å²) in [7, 11) is 0. The van der Waals surface area contributed by atoms with E-state index in [9.17, 15) is 0 Å². The lowest BCUT2D eigenvalue weighted by Crippen LogP contribution is -1.96. The average Bonchev–Trinajstić information content (AvgIpc) is 2.61. The Bertz CT molecular complexity index is 830. The van der Waals surface area contributed by atoms with Gasteiger partial charge in [-0.25, -0.2) is 0 Å². The van der Waals surface area contributed by atoms with Crippen LogP contribution in [0.25, 0.3) is 0 Å². The van der Waals surface area contributed by atoms with Gasteiger partial charge in [-0.15, -0.1) is 0 Å². The summed E-state index contributed by atoms with van der Waals surface area (Å²) in [6.45, 7) is 0.396. The number of ether oxygens (including phenoxy) is 1. The summed E-state index contributed by atoms with van der Waals surface area (Å²) in [6, 6.07) is 23.0. The quantitative estimate of drug-likeness (QED) is 0.490. The summed E-state index contributed by atoms with van der Waals surface area (Å²) in [5.74, 6) is 0.776. The second kappa shape index (κ2) is 8.00. The Kier molecular flexibility index (Phi) is 5.52. The summed E-state index contributed by atoms with van der Waals surface area (Å²) >= 11 is 12.0. The Morgan fingerprint density at radius 1 is 0.875 bits per heavy atom. The Balaban J connectivity index is 1.61. The maximum Gasteiger partial charge on any atom is 0.119 e. The molecule has 0 heterocycles. The minimum Gasteiger partial charge on any atom is -0.489 e. The molecule has 0 aromatic heterocycles. The highest BCUT2D eigenvalue weighted by Gasteiger charge is 2.02. The highest BCUT2D eigenvalue weighted by atomic mass is 35.5. The maximum atomic E-state index is 6.14. The van der Waals surface area contributed by atoms with E-state index in [0.717, 1.165) is 22.6 Å². The van der Waals surface area contributed by atoms with Gasteiger partial charge in [0.1, 0.15) is 12.4 Å². The molecular weight excluding hydrogens is 341 g/mol. The van der Waals surface area contributed by atoms with Gasteiger partial charge in [-0.1, -0.05) is 47.5 Å². The van der Waals surface area contributed by atoms with E-state index in [1.54, 1.807) is 12.1 Å². The van der Waals surface area contributed by atoms with Gasteiger partial charge in [-0.2, -0.15) is 0 Å². The largest absolute Gasteiger partial charge is 0.489 e. The topological polar surface area (TPSA) is 21.6 Å². The predicted octanol–water partition coefficient (Wildman–Crippen LogP) is 6.32. The third-order valence-corrected chi connectivity index (χ3v) is 4.00. The lowest BCUT2D eigenvalue weighted by molar-refractivity contribution is 0.306. The molecular formula is C20H15Cl2NO. The molecule has 120 valence electrons. The van der Waals surface area contributed by atoms with E-state index >= 15 is 0 Å². The second-order valence-electron chi connectivity index (χ2n) is 5.19. The third kappa shape index (κ3) is 4.60. The van der Waals surface area contributed by atoms with Crippen LogP contribution in [0.1, 0.15) is 11.1 Å². The van der Waals surface area contributed by atoms with Crippen molar-refractivity contribution in [3.8, 4) is 5.75 Å². The predicted molar refractivity (Wildman–Crippen MR) is 101 cm³/mol. The fourth-order valence-corrected chi connectivity index (χ4v) is 2.58. The number of halogens is 2. The molecule has 0 N–H and O–H groups in total. The molecule has 0 spiro atoms. The minimum atomic E-state index is 0.396. The lowest BCUT2D eigenvalue weighted by atomic mass is 10.2. The van der Waals surface area contributed by atoms with Crippen molar-refractivity contribution in [2.45, 2.75) is 6.61 Å². The molecule has 3 aromatic carbocycles. The monoisotopic (exact) mass is 355 g/mol. The van der Waals surface area contributed by atoms with E-state index in [2.05, 4.69) is 4.99 Å². The van der Waals surface area contributed by atoms with Gasteiger partial charge in [0.15, 0.2) is 0 Å². The van der Waals surface area contributed by atoms with E-state index in [-0.39, 0.29) is 0 Å². The normalized spacial score (nSPS) is 10.9. The van der Waals surface area contributed by atoms with Crippen molar-refractivity contribution in [1.82, 2.24) is 0 Å². The molecule has 0 amide bonds. The highest BCUT2D eigenvalue weighted by molar-refractivity contribution is 6.35. The van der Waals surface area contributed by atoms with Gasteiger partial charge in [0.2, 0.25) is 0 Å². The van der Waals surface area contributed by atoms with Gasteiger partial charge in [-0.3, -0.25) is 4.99 Å². The number of benzene rings is 3. The average molecular weight is 356 g/mol. The van der Waals surface area contributed by atoms with Crippen molar-refractivity contribution in [3.05, 3.63) is 94.0 Å². The van der Waals surface area contributed by atoms with E-state index in [1.165, 1.54) is 0 Å². The number of aliphatic imine (C=N–C) groups is 1. The molecule has 0 atom stereocenters. The van der Waals surface area contributed by atoms with Gasteiger partial charge >= 0.3 is 0 Å². The van der Waals surface area contributed by atoms with Crippen LogP contribution in [0.5, 0.6) is 5.75 Å². The molecule has 24 heavy (non-hydrogen) atoms. The summed E-state index contributed by atoms with van der Waals surface area (Å²) in [5.41, 5.74) is 2.83. The van der Waals surface area contributed by atoms with Crippen LogP contribution in [-0.2, 0) is 6.61 Å². The van der Waals surface area contributed by atoms with Crippen molar-refractivity contribution >= 4 is 35.1 Å². The van der Waals surface area contributed by atoms with Crippen LogP contribution in [0, 0.1) is 0 Å². The Labute approximate surface area is 151 Å². The van der Waals surface area contributed by atoms with Crippen molar-refractivity contribution in [1.29, 1.82) is 0 Å². The molecule has 0 saturated carbocycles. The molecule has 0 aliphatic carbocycles. The van der Waals surface area contributed by atoms with Crippen LogP contribution in [0.4, 0.5) is 5.69 Å². The van der Waals surface area contributed by atoms with Crippen LogP contribution in [0.3, 0.4) is 0 Å². The van der Waals surface area contributed by atoms with Crippen molar-refractivity contribution in [2.75, 3.05) is 0 Å². The zero-order valence-electron chi connectivity index (χ0n) is 12.8. The number of hydrogen-bond donors (Lipinski definition) is 0. The number of nitrogens with zero attached hydrogens (tertiary/aromatic N) is 1.